The Morgan fingerprint density at radius 2 is 2.04 bits per heavy atom. The summed E-state index contributed by atoms with van der Waals surface area (Å²) in [6.07, 6.45) is 3.89. The maximum atomic E-state index is 14.4. The molecule has 2 aromatic carbocycles. The number of hydrogen-bond acceptors (Lipinski definition) is 3. The van der Waals surface area contributed by atoms with E-state index in [1.54, 1.807) is 31.5 Å². The number of H-pyrrole nitrogens is 1. The van der Waals surface area contributed by atoms with E-state index in [0.717, 1.165) is 11.4 Å². The lowest BCUT2D eigenvalue weighted by Crippen LogP contribution is -2.15. The molecule has 3 rings (SSSR count). The van der Waals surface area contributed by atoms with Gasteiger partial charge in [-0.25, -0.2) is 9.37 Å². The van der Waals surface area contributed by atoms with Gasteiger partial charge in [0.05, 0.1) is 12.5 Å². The first-order valence-corrected chi connectivity index (χ1v) is 8.15. The largest absolute Gasteiger partial charge is 0.465 e. The maximum absolute atomic E-state index is 14.4. The van der Waals surface area contributed by atoms with Crippen molar-refractivity contribution in [1.29, 1.82) is 0 Å². The summed E-state index contributed by atoms with van der Waals surface area (Å²) in [7, 11) is 0. The van der Waals surface area contributed by atoms with Crippen LogP contribution in [0.4, 0.5) is 4.39 Å². The second kappa shape index (κ2) is 7.75. The summed E-state index contributed by atoms with van der Waals surface area (Å²) in [4.78, 5) is 19.2. The zero-order valence-corrected chi connectivity index (χ0v) is 13.9. The molecule has 5 heteroatoms. The summed E-state index contributed by atoms with van der Waals surface area (Å²) in [5, 5.41) is 0. The standard InChI is InChI=1S/C20H19FN2O2/c1-14(20(24)25-12-9-19-22-10-11-23-19)16-7-8-17(18(21)13-16)15-5-3-2-4-6-15/h2-8,10-11,13-14H,9,12H2,1H3,(H,22,23)/t14-/m1/s1. The maximum Gasteiger partial charge on any atom is 0.313 e. The van der Waals surface area contributed by atoms with E-state index < -0.39 is 5.92 Å². The Labute approximate surface area is 145 Å². The van der Waals surface area contributed by atoms with Crippen LogP contribution in [-0.2, 0) is 16.0 Å². The van der Waals surface area contributed by atoms with E-state index >= 15 is 0 Å². The third kappa shape index (κ3) is 4.12. The van der Waals surface area contributed by atoms with Crippen molar-refractivity contribution in [2.45, 2.75) is 19.3 Å². The number of nitrogens with one attached hydrogen (secondary N) is 1. The SMILES string of the molecule is C[C@@H](C(=O)OCCc1ncc[nH]1)c1ccc(-c2ccccc2)c(F)c1. The molecule has 1 N–H and O–H groups in total. The quantitative estimate of drug-likeness (QED) is 0.688. The van der Waals surface area contributed by atoms with Gasteiger partial charge in [0, 0.05) is 24.4 Å². The van der Waals surface area contributed by atoms with Gasteiger partial charge in [-0.05, 0) is 24.1 Å². The zero-order chi connectivity index (χ0) is 17.6. The Bertz CT molecular complexity index is 832. The van der Waals surface area contributed by atoms with Gasteiger partial charge in [-0.2, -0.15) is 0 Å². The molecule has 0 unspecified atom stereocenters. The molecule has 25 heavy (non-hydrogen) atoms. The molecule has 0 spiro atoms. The first-order chi connectivity index (χ1) is 12.1. The van der Waals surface area contributed by atoms with E-state index in [-0.39, 0.29) is 18.4 Å². The predicted molar refractivity (Wildman–Crippen MR) is 93.5 cm³/mol. The lowest BCUT2D eigenvalue weighted by Gasteiger charge is -2.13. The molecule has 1 heterocycles. The number of ether oxygens (including phenoxy) is 1. The van der Waals surface area contributed by atoms with Crippen LogP contribution in [0.2, 0.25) is 0 Å². The summed E-state index contributed by atoms with van der Waals surface area (Å²) >= 11 is 0. The molecule has 0 amide bonds. The smallest absolute Gasteiger partial charge is 0.313 e. The molecular weight excluding hydrogens is 319 g/mol. The van der Waals surface area contributed by atoms with Gasteiger partial charge in [-0.3, -0.25) is 4.79 Å². The van der Waals surface area contributed by atoms with Crippen LogP contribution in [0.5, 0.6) is 0 Å². The molecule has 3 aromatic rings. The number of imidazole rings is 1. The van der Waals surface area contributed by atoms with Crippen LogP contribution in [0, 0.1) is 5.82 Å². The highest BCUT2D eigenvalue weighted by Crippen LogP contribution is 2.26. The number of halogens is 1. The van der Waals surface area contributed by atoms with Crippen molar-refractivity contribution in [2.75, 3.05) is 6.61 Å². The lowest BCUT2D eigenvalue weighted by atomic mass is 9.97. The molecule has 0 bridgehead atoms. The van der Waals surface area contributed by atoms with Gasteiger partial charge in [0.1, 0.15) is 11.6 Å². The number of nitrogens with zero attached hydrogens (tertiary/aromatic N) is 1. The second-order valence-electron chi connectivity index (χ2n) is 5.78. The van der Waals surface area contributed by atoms with Crippen molar-refractivity contribution < 1.29 is 13.9 Å². The Kier molecular flexibility index (Phi) is 5.23. The molecule has 1 aromatic heterocycles. The fourth-order valence-corrected chi connectivity index (χ4v) is 2.60. The number of carbonyl (C=O) groups excluding carboxylic acids is 1. The van der Waals surface area contributed by atoms with Gasteiger partial charge in [0.25, 0.3) is 0 Å². The topological polar surface area (TPSA) is 55.0 Å². The van der Waals surface area contributed by atoms with Crippen molar-refractivity contribution in [3.05, 3.63) is 78.1 Å². The highest BCUT2D eigenvalue weighted by molar-refractivity contribution is 5.78. The zero-order valence-electron chi connectivity index (χ0n) is 13.9. The fourth-order valence-electron chi connectivity index (χ4n) is 2.60. The van der Waals surface area contributed by atoms with Crippen LogP contribution in [0.25, 0.3) is 11.1 Å². The van der Waals surface area contributed by atoms with Crippen LogP contribution in [0.1, 0.15) is 24.2 Å². The van der Waals surface area contributed by atoms with E-state index in [9.17, 15) is 9.18 Å². The molecule has 0 fully saturated rings. The minimum Gasteiger partial charge on any atom is -0.465 e. The van der Waals surface area contributed by atoms with Crippen LogP contribution >= 0.6 is 0 Å². The molecule has 0 radical (unpaired) electrons. The highest BCUT2D eigenvalue weighted by atomic mass is 19.1. The summed E-state index contributed by atoms with van der Waals surface area (Å²) in [6, 6.07) is 14.2. The third-order valence-corrected chi connectivity index (χ3v) is 4.07. The molecule has 128 valence electrons. The molecule has 0 saturated heterocycles. The summed E-state index contributed by atoms with van der Waals surface area (Å²) < 4.78 is 19.7. The van der Waals surface area contributed by atoms with Gasteiger partial charge in [0.15, 0.2) is 0 Å². The van der Waals surface area contributed by atoms with Crippen molar-refractivity contribution in [1.82, 2.24) is 9.97 Å². The summed E-state index contributed by atoms with van der Waals surface area (Å²) in [5.41, 5.74) is 1.92. The number of aromatic nitrogens is 2. The molecule has 0 aliphatic carbocycles. The summed E-state index contributed by atoms with van der Waals surface area (Å²) in [5.74, 6) is -0.494. The lowest BCUT2D eigenvalue weighted by molar-refractivity contribution is -0.144. The van der Waals surface area contributed by atoms with Gasteiger partial charge in [0.2, 0.25) is 0 Å². The first-order valence-electron chi connectivity index (χ1n) is 8.15. The van der Waals surface area contributed by atoms with Crippen LogP contribution in [-0.4, -0.2) is 22.5 Å². The molecule has 0 aliphatic rings. The Hall–Kier alpha value is -2.95. The van der Waals surface area contributed by atoms with Gasteiger partial charge < -0.3 is 9.72 Å². The Balaban J connectivity index is 1.64. The predicted octanol–water partition coefficient (Wildman–Crippen LogP) is 4.11. The normalized spacial score (nSPS) is 11.9. The molecule has 0 saturated carbocycles. The number of benzene rings is 2. The number of esters is 1. The van der Waals surface area contributed by atoms with E-state index in [4.69, 9.17) is 4.74 Å². The highest BCUT2D eigenvalue weighted by Gasteiger charge is 2.18. The van der Waals surface area contributed by atoms with E-state index in [1.165, 1.54) is 6.07 Å². The number of rotatable bonds is 6. The molecule has 0 aliphatic heterocycles. The van der Waals surface area contributed by atoms with Crippen molar-refractivity contribution in [2.24, 2.45) is 0 Å². The Morgan fingerprint density at radius 3 is 2.72 bits per heavy atom. The van der Waals surface area contributed by atoms with Crippen molar-refractivity contribution >= 4 is 5.97 Å². The minimum absolute atomic E-state index is 0.237. The van der Waals surface area contributed by atoms with E-state index in [0.29, 0.717) is 17.5 Å². The fraction of sp³-hybridized carbons (Fsp3) is 0.200. The first kappa shape index (κ1) is 16.9. The van der Waals surface area contributed by atoms with Gasteiger partial charge >= 0.3 is 5.97 Å². The number of hydrogen-bond donors (Lipinski definition) is 1. The van der Waals surface area contributed by atoms with Crippen molar-refractivity contribution in [3.63, 3.8) is 0 Å². The number of aromatic amines is 1. The molecule has 4 nitrogen and oxygen atoms in total. The average Bonchev–Trinajstić information content (AvgIpc) is 3.15. The molecule has 1 atom stereocenters. The summed E-state index contributed by atoms with van der Waals surface area (Å²) in [6.45, 7) is 1.95. The van der Waals surface area contributed by atoms with Crippen molar-refractivity contribution in [3.8, 4) is 11.1 Å². The van der Waals surface area contributed by atoms with E-state index in [1.807, 2.05) is 30.3 Å². The van der Waals surface area contributed by atoms with Crippen LogP contribution < -0.4 is 0 Å². The van der Waals surface area contributed by atoms with Crippen LogP contribution in [0.15, 0.2) is 60.9 Å². The molecular formula is C20H19FN2O2. The second-order valence-corrected chi connectivity index (χ2v) is 5.78. The average molecular weight is 338 g/mol. The van der Waals surface area contributed by atoms with Gasteiger partial charge in [-0.15, -0.1) is 0 Å². The monoisotopic (exact) mass is 338 g/mol. The number of carbonyl (C=O) groups is 1. The third-order valence-electron chi connectivity index (χ3n) is 4.07. The Morgan fingerprint density at radius 1 is 1.24 bits per heavy atom. The van der Waals surface area contributed by atoms with E-state index in [2.05, 4.69) is 9.97 Å². The van der Waals surface area contributed by atoms with Gasteiger partial charge in [-0.1, -0.05) is 42.5 Å². The minimum atomic E-state index is -0.532. The van der Waals surface area contributed by atoms with Crippen LogP contribution in [0.3, 0.4) is 0 Å².